The van der Waals surface area contributed by atoms with E-state index in [1.807, 2.05) is 0 Å². The van der Waals surface area contributed by atoms with Crippen LogP contribution in [0.4, 0.5) is 5.69 Å². The summed E-state index contributed by atoms with van der Waals surface area (Å²) in [5.41, 5.74) is 1.64. The van der Waals surface area contributed by atoms with E-state index in [1.165, 1.54) is 30.3 Å². The maximum absolute atomic E-state index is 12.5. The molecule has 0 bridgehead atoms. The van der Waals surface area contributed by atoms with Crippen molar-refractivity contribution in [1.29, 1.82) is 0 Å². The van der Waals surface area contributed by atoms with Gasteiger partial charge in [0, 0.05) is 17.7 Å². The molecule has 1 aliphatic rings. The third-order valence-corrected chi connectivity index (χ3v) is 4.98. The number of nitro benzene ring substituents is 1. The molecule has 0 aromatic heterocycles. The summed E-state index contributed by atoms with van der Waals surface area (Å²) in [5, 5.41) is 24.6. The fraction of sp³-hybridized carbons (Fsp3) is 0.235. The zero-order chi connectivity index (χ0) is 18.1. The number of amides is 1. The van der Waals surface area contributed by atoms with Gasteiger partial charge in [-0.1, -0.05) is 29.3 Å². The van der Waals surface area contributed by atoms with Crippen LogP contribution in [0.2, 0.25) is 10.0 Å². The number of carbonyl (C=O) groups excluding carboxylic acids is 1. The van der Waals surface area contributed by atoms with Crippen LogP contribution in [0.5, 0.6) is 0 Å². The molecule has 2 aromatic rings. The molecule has 0 heterocycles. The van der Waals surface area contributed by atoms with Gasteiger partial charge >= 0.3 is 0 Å². The Morgan fingerprint density at radius 1 is 1.20 bits per heavy atom. The van der Waals surface area contributed by atoms with Crippen LogP contribution >= 0.6 is 23.2 Å². The molecule has 0 aliphatic heterocycles. The van der Waals surface area contributed by atoms with Crippen LogP contribution < -0.4 is 5.32 Å². The van der Waals surface area contributed by atoms with Crippen LogP contribution in [-0.2, 0) is 6.42 Å². The first-order valence-electron chi connectivity index (χ1n) is 7.58. The van der Waals surface area contributed by atoms with Gasteiger partial charge in [0.25, 0.3) is 11.6 Å². The minimum absolute atomic E-state index is 0.0818. The zero-order valence-corrected chi connectivity index (χ0v) is 14.4. The molecule has 8 heteroatoms. The molecular weight excluding hydrogens is 367 g/mol. The van der Waals surface area contributed by atoms with Gasteiger partial charge in [-0.05, 0) is 42.2 Å². The highest BCUT2D eigenvalue weighted by Crippen LogP contribution is 2.33. The maximum atomic E-state index is 12.5. The molecule has 130 valence electrons. The lowest BCUT2D eigenvalue weighted by atomic mass is 9.85. The number of nitro groups is 1. The van der Waals surface area contributed by atoms with Crippen LogP contribution in [0.1, 0.15) is 33.9 Å². The molecule has 2 N–H and O–H groups in total. The van der Waals surface area contributed by atoms with E-state index in [0.29, 0.717) is 29.0 Å². The Morgan fingerprint density at radius 3 is 2.64 bits per heavy atom. The number of nitrogens with one attached hydrogen (secondary N) is 1. The lowest BCUT2D eigenvalue weighted by Crippen LogP contribution is -2.39. The Kier molecular flexibility index (Phi) is 4.94. The molecule has 2 atom stereocenters. The van der Waals surface area contributed by atoms with Crippen molar-refractivity contribution in [1.82, 2.24) is 5.32 Å². The van der Waals surface area contributed by atoms with E-state index >= 15 is 0 Å². The molecular formula is C17H14Cl2N2O4. The van der Waals surface area contributed by atoms with Gasteiger partial charge in [0.1, 0.15) is 0 Å². The number of halogens is 2. The number of hydrogen-bond donors (Lipinski definition) is 2. The van der Waals surface area contributed by atoms with Crippen molar-refractivity contribution in [3.05, 3.63) is 73.2 Å². The molecule has 2 unspecified atom stereocenters. The number of rotatable bonds is 3. The van der Waals surface area contributed by atoms with E-state index in [-0.39, 0.29) is 10.7 Å². The third-order valence-electron chi connectivity index (χ3n) is 4.24. The fourth-order valence-corrected chi connectivity index (χ4v) is 3.22. The second kappa shape index (κ2) is 7.00. The quantitative estimate of drug-likeness (QED) is 0.627. The maximum Gasteiger partial charge on any atom is 0.269 e. The molecule has 0 fully saturated rings. The Labute approximate surface area is 153 Å². The Balaban J connectivity index is 1.91. The molecule has 25 heavy (non-hydrogen) atoms. The molecule has 0 saturated carbocycles. The minimum Gasteiger partial charge on any atom is -0.391 e. The van der Waals surface area contributed by atoms with Crippen molar-refractivity contribution in [3.63, 3.8) is 0 Å². The van der Waals surface area contributed by atoms with E-state index in [9.17, 15) is 20.0 Å². The van der Waals surface area contributed by atoms with Crippen molar-refractivity contribution in [3.8, 4) is 0 Å². The van der Waals surface area contributed by atoms with Gasteiger partial charge in [-0.25, -0.2) is 0 Å². The van der Waals surface area contributed by atoms with E-state index in [1.54, 1.807) is 6.07 Å². The summed E-state index contributed by atoms with van der Waals surface area (Å²) in [7, 11) is 0. The third kappa shape index (κ3) is 3.61. The van der Waals surface area contributed by atoms with Crippen molar-refractivity contribution in [2.75, 3.05) is 0 Å². The average molecular weight is 381 g/mol. The molecule has 1 aliphatic carbocycles. The number of aliphatic hydroxyl groups excluding tert-OH is 1. The lowest BCUT2D eigenvalue weighted by molar-refractivity contribution is -0.385. The van der Waals surface area contributed by atoms with Crippen LogP contribution in [-0.4, -0.2) is 22.0 Å². The SMILES string of the molecule is O=C(NC1c2cc([N+](=O)[O-])ccc2CCC1O)c1ccc(Cl)c(Cl)c1. The smallest absolute Gasteiger partial charge is 0.269 e. The standard InChI is InChI=1S/C17H14Cl2N2O4/c18-13-5-2-10(7-14(13)19)17(23)20-16-12-8-11(21(24)25)4-1-9(12)3-6-15(16)22/h1-2,4-5,7-8,15-16,22H,3,6H2,(H,20,23). The summed E-state index contributed by atoms with van der Waals surface area (Å²) < 4.78 is 0. The molecule has 3 rings (SSSR count). The second-order valence-electron chi connectivity index (χ2n) is 5.83. The highest BCUT2D eigenvalue weighted by Gasteiger charge is 2.31. The first-order chi connectivity index (χ1) is 11.9. The summed E-state index contributed by atoms with van der Waals surface area (Å²) >= 11 is 11.8. The van der Waals surface area contributed by atoms with Crippen LogP contribution in [0.15, 0.2) is 36.4 Å². The number of aliphatic hydroxyl groups is 1. The van der Waals surface area contributed by atoms with Gasteiger partial charge in [-0.2, -0.15) is 0 Å². The van der Waals surface area contributed by atoms with Gasteiger partial charge in [0.15, 0.2) is 0 Å². The topological polar surface area (TPSA) is 92.5 Å². The predicted molar refractivity (Wildman–Crippen MR) is 94.1 cm³/mol. The van der Waals surface area contributed by atoms with E-state index in [4.69, 9.17) is 23.2 Å². The first kappa shape index (κ1) is 17.7. The molecule has 0 saturated heterocycles. The number of non-ortho nitro benzene ring substituents is 1. The average Bonchev–Trinajstić information content (AvgIpc) is 2.59. The molecule has 6 nitrogen and oxygen atoms in total. The molecule has 1 amide bonds. The van der Waals surface area contributed by atoms with Crippen molar-refractivity contribution in [2.24, 2.45) is 0 Å². The molecule has 2 aromatic carbocycles. The summed E-state index contributed by atoms with van der Waals surface area (Å²) in [6.45, 7) is 0. The Hall–Kier alpha value is -2.15. The number of carbonyl (C=O) groups is 1. The predicted octanol–water partition coefficient (Wildman–Crippen LogP) is 3.68. The monoisotopic (exact) mass is 380 g/mol. The van der Waals surface area contributed by atoms with E-state index < -0.39 is 23.0 Å². The van der Waals surface area contributed by atoms with Gasteiger partial charge < -0.3 is 10.4 Å². The number of benzene rings is 2. The normalized spacial score (nSPS) is 19.2. The van der Waals surface area contributed by atoms with Crippen molar-refractivity contribution >= 4 is 34.8 Å². The second-order valence-corrected chi connectivity index (χ2v) is 6.64. The number of fused-ring (bicyclic) bond motifs is 1. The number of hydrogen-bond acceptors (Lipinski definition) is 4. The zero-order valence-electron chi connectivity index (χ0n) is 12.9. The van der Waals surface area contributed by atoms with E-state index in [2.05, 4.69) is 5.32 Å². The van der Waals surface area contributed by atoms with Crippen LogP contribution in [0.3, 0.4) is 0 Å². The highest BCUT2D eigenvalue weighted by atomic mass is 35.5. The molecule has 0 spiro atoms. The minimum atomic E-state index is -0.832. The number of aryl methyl sites for hydroxylation is 1. The van der Waals surface area contributed by atoms with Crippen LogP contribution in [0, 0.1) is 10.1 Å². The van der Waals surface area contributed by atoms with E-state index in [0.717, 1.165) is 5.56 Å². The largest absolute Gasteiger partial charge is 0.391 e. The van der Waals surface area contributed by atoms with Crippen molar-refractivity contribution < 1.29 is 14.8 Å². The van der Waals surface area contributed by atoms with Crippen LogP contribution in [0.25, 0.3) is 0 Å². The number of nitrogens with zero attached hydrogens (tertiary/aromatic N) is 1. The van der Waals surface area contributed by atoms with Gasteiger partial charge in [0.2, 0.25) is 0 Å². The summed E-state index contributed by atoms with van der Waals surface area (Å²) in [5.74, 6) is -0.443. The first-order valence-corrected chi connectivity index (χ1v) is 8.33. The van der Waals surface area contributed by atoms with Crippen molar-refractivity contribution in [2.45, 2.75) is 25.0 Å². The molecule has 0 radical (unpaired) electrons. The fourth-order valence-electron chi connectivity index (χ4n) is 2.93. The Bertz CT molecular complexity index is 857. The lowest BCUT2D eigenvalue weighted by Gasteiger charge is -2.31. The summed E-state index contributed by atoms with van der Waals surface area (Å²) in [4.78, 5) is 23.0. The summed E-state index contributed by atoms with van der Waals surface area (Å²) in [6.07, 6.45) is 0.214. The highest BCUT2D eigenvalue weighted by molar-refractivity contribution is 6.42. The van der Waals surface area contributed by atoms with Gasteiger partial charge in [-0.15, -0.1) is 0 Å². The summed E-state index contributed by atoms with van der Waals surface area (Å²) in [6, 6.07) is 8.22. The van der Waals surface area contributed by atoms with Gasteiger partial charge in [-0.3, -0.25) is 14.9 Å². The Morgan fingerprint density at radius 2 is 1.96 bits per heavy atom. The van der Waals surface area contributed by atoms with Gasteiger partial charge in [0.05, 0.1) is 27.1 Å².